The summed E-state index contributed by atoms with van der Waals surface area (Å²) < 4.78 is 7.25. The smallest absolute Gasteiger partial charge is 0.335 e. The van der Waals surface area contributed by atoms with E-state index in [9.17, 15) is 14.9 Å². The van der Waals surface area contributed by atoms with Gasteiger partial charge in [-0.05, 0) is 19.1 Å². The van der Waals surface area contributed by atoms with Crippen LogP contribution in [0.1, 0.15) is 23.1 Å². The minimum atomic E-state index is -1.23. The van der Waals surface area contributed by atoms with Gasteiger partial charge in [-0.1, -0.05) is 0 Å². The van der Waals surface area contributed by atoms with Crippen molar-refractivity contribution in [1.82, 2.24) is 9.55 Å². The fourth-order valence-corrected chi connectivity index (χ4v) is 1.83. The zero-order valence-electron chi connectivity index (χ0n) is 11.2. The van der Waals surface area contributed by atoms with Gasteiger partial charge in [-0.15, -0.1) is 0 Å². The molecule has 1 aromatic carbocycles. The second-order valence-corrected chi connectivity index (χ2v) is 4.16. The Labute approximate surface area is 119 Å². The first-order chi connectivity index (χ1) is 10.0. The molecule has 1 heterocycles. The Kier molecular flexibility index (Phi) is 4.17. The number of carboxylic acids is 1. The normalized spacial score (nSPS) is 10.3. The molecule has 0 amide bonds. The van der Waals surface area contributed by atoms with E-state index in [4.69, 9.17) is 9.84 Å². The SMILES string of the molecule is CCn1ccnc1COc1ccc(C(=O)O)cc1[N+](=O)[O-]. The van der Waals surface area contributed by atoms with E-state index in [2.05, 4.69) is 4.98 Å². The molecule has 0 bridgehead atoms. The van der Waals surface area contributed by atoms with Gasteiger partial charge in [0, 0.05) is 25.0 Å². The van der Waals surface area contributed by atoms with Crippen molar-refractivity contribution in [3.05, 3.63) is 52.1 Å². The van der Waals surface area contributed by atoms with Gasteiger partial charge in [0.1, 0.15) is 12.4 Å². The number of benzene rings is 1. The average Bonchev–Trinajstić information content (AvgIpc) is 2.92. The maximum atomic E-state index is 11.0. The molecular weight excluding hydrogens is 278 g/mol. The maximum Gasteiger partial charge on any atom is 0.335 e. The summed E-state index contributed by atoms with van der Waals surface area (Å²) in [6, 6.07) is 3.52. The van der Waals surface area contributed by atoms with Gasteiger partial charge >= 0.3 is 11.7 Å². The Balaban J connectivity index is 2.23. The van der Waals surface area contributed by atoms with E-state index in [1.165, 1.54) is 12.1 Å². The molecule has 0 radical (unpaired) electrons. The van der Waals surface area contributed by atoms with E-state index in [1.54, 1.807) is 12.4 Å². The highest BCUT2D eigenvalue weighted by Crippen LogP contribution is 2.28. The summed E-state index contributed by atoms with van der Waals surface area (Å²) in [6.07, 6.45) is 3.39. The molecule has 0 aliphatic carbocycles. The summed E-state index contributed by atoms with van der Waals surface area (Å²) >= 11 is 0. The van der Waals surface area contributed by atoms with Crippen molar-refractivity contribution in [1.29, 1.82) is 0 Å². The summed E-state index contributed by atoms with van der Waals surface area (Å²) in [5, 5.41) is 19.8. The lowest BCUT2D eigenvalue weighted by molar-refractivity contribution is -0.386. The van der Waals surface area contributed by atoms with Crippen molar-refractivity contribution >= 4 is 11.7 Å². The lowest BCUT2D eigenvalue weighted by atomic mass is 10.2. The first kappa shape index (κ1) is 14.5. The zero-order chi connectivity index (χ0) is 15.4. The van der Waals surface area contributed by atoms with Crippen molar-refractivity contribution in [3.63, 3.8) is 0 Å². The van der Waals surface area contributed by atoms with Crippen molar-refractivity contribution in [3.8, 4) is 5.75 Å². The van der Waals surface area contributed by atoms with Crippen LogP contribution in [0.4, 0.5) is 5.69 Å². The van der Waals surface area contributed by atoms with Crippen molar-refractivity contribution in [2.45, 2.75) is 20.1 Å². The van der Waals surface area contributed by atoms with Gasteiger partial charge in [-0.3, -0.25) is 10.1 Å². The van der Waals surface area contributed by atoms with E-state index in [0.29, 0.717) is 12.4 Å². The molecule has 21 heavy (non-hydrogen) atoms. The number of aromatic carboxylic acids is 1. The van der Waals surface area contributed by atoms with Crippen LogP contribution in [0.25, 0.3) is 0 Å². The lowest BCUT2D eigenvalue weighted by Crippen LogP contribution is -2.07. The van der Waals surface area contributed by atoms with Crippen LogP contribution in [0, 0.1) is 10.1 Å². The molecular formula is C13H13N3O5. The van der Waals surface area contributed by atoms with Crippen LogP contribution in [0.15, 0.2) is 30.6 Å². The first-order valence-corrected chi connectivity index (χ1v) is 6.17. The number of hydrogen-bond donors (Lipinski definition) is 1. The van der Waals surface area contributed by atoms with Gasteiger partial charge in [-0.2, -0.15) is 0 Å². The van der Waals surface area contributed by atoms with E-state index in [1.807, 2.05) is 11.5 Å². The minimum Gasteiger partial charge on any atom is -0.479 e. The third-order valence-corrected chi connectivity index (χ3v) is 2.90. The third-order valence-electron chi connectivity index (χ3n) is 2.90. The topological polar surface area (TPSA) is 107 Å². The van der Waals surface area contributed by atoms with Crippen LogP contribution in [0.5, 0.6) is 5.75 Å². The van der Waals surface area contributed by atoms with Gasteiger partial charge in [0.2, 0.25) is 0 Å². The second kappa shape index (κ2) is 6.04. The first-order valence-electron chi connectivity index (χ1n) is 6.17. The van der Waals surface area contributed by atoms with E-state index < -0.39 is 10.9 Å². The number of nitro benzene ring substituents is 1. The van der Waals surface area contributed by atoms with Crippen molar-refractivity contribution in [2.75, 3.05) is 0 Å². The number of carboxylic acid groups (broad SMARTS) is 1. The quantitative estimate of drug-likeness (QED) is 0.645. The van der Waals surface area contributed by atoms with Gasteiger partial charge in [0.05, 0.1) is 10.5 Å². The van der Waals surface area contributed by atoms with Crippen LogP contribution < -0.4 is 4.74 Å². The molecule has 0 saturated heterocycles. The number of hydrogen-bond acceptors (Lipinski definition) is 5. The zero-order valence-corrected chi connectivity index (χ0v) is 11.2. The molecule has 2 rings (SSSR count). The van der Waals surface area contributed by atoms with Crippen molar-refractivity contribution in [2.24, 2.45) is 0 Å². The highest BCUT2D eigenvalue weighted by Gasteiger charge is 2.19. The van der Waals surface area contributed by atoms with Crippen LogP contribution in [-0.2, 0) is 13.2 Å². The molecule has 110 valence electrons. The summed E-state index contributed by atoms with van der Waals surface area (Å²) in [7, 11) is 0. The molecule has 0 fully saturated rings. The Morgan fingerprint density at radius 1 is 1.52 bits per heavy atom. The monoisotopic (exact) mass is 291 g/mol. The maximum absolute atomic E-state index is 11.0. The number of aromatic nitrogens is 2. The number of nitro groups is 1. The molecule has 0 aliphatic heterocycles. The number of nitrogens with zero attached hydrogens (tertiary/aromatic N) is 3. The Hall–Kier alpha value is -2.90. The van der Waals surface area contributed by atoms with Gasteiger partial charge in [0.15, 0.2) is 5.75 Å². The fraction of sp³-hybridized carbons (Fsp3) is 0.231. The molecule has 8 nitrogen and oxygen atoms in total. The summed E-state index contributed by atoms with van der Waals surface area (Å²) in [6.45, 7) is 2.71. The molecule has 1 aromatic heterocycles. The fourth-order valence-electron chi connectivity index (χ4n) is 1.83. The minimum absolute atomic E-state index is 0.00986. The number of carbonyl (C=O) groups is 1. The average molecular weight is 291 g/mol. The van der Waals surface area contributed by atoms with Gasteiger partial charge < -0.3 is 14.4 Å². The second-order valence-electron chi connectivity index (χ2n) is 4.16. The van der Waals surface area contributed by atoms with Gasteiger partial charge in [0.25, 0.3) is 0 Å². The predicted molar refractivity (Wildman–Crippen MR) is 72.3 cm³/mol. The molecule has 0 atom stereocenters. The van der Waals surface area contributed by atoms with Crippen LogP contribution in [0.3, 0.4) is 0 Å². The number of ether oxygens (including phenoxy) is 1. The summed E-state index contributed by atoms with van der Waals surface area (Å²) in [5.74, 6) is -0.587. The molecule has 0 aliphatic rings. The highest BCUT2D eigenvalue weighted by molar-refractivity contribution is 5.88. The molecule has 0 saturated carbocycles. The van der Waals surface area contributed by atoms with Crippen LogP contribution in [0.2, 0.25) is 0 Å². The summed E-state index contributed by atoms with van der Waals surface area (Å²) in [5.41, 5.74) is -0.548. The Morgan fingerprint density at radius 2 is 2.29 bits per heavy atom. The van der Waals surface area contributed by atoms with E-state index in [-0.39, 0.29) is 23.6 Å². The largest absolute Gasteiger partial charge is 0.479 e. The number of rotatable bonds is 6. The van der Waals surface area contributed by atoms with Gasteiger partial charge in [-0.25, -0.2) is 9.78 Å². The Bertz CT molecular complexity index is 680. The van der Waals surface area contributed by atoms with E-state index in [0.717, 1.165) is 6.07 Å². The standard InChI is InChI=1S/C13H13N3O5/c1-2-15-6-5-14-12(15)8-21-11-4-3-9(13(17)18)7-10(11)16(19)20/h3-7H,2,8H2,1H3,(H,17,18). The van der Waals surface area contributed by atoms with Crippen LogP contribution in [-0.4, -0.2) is 25.6 Å². The van der Waals surface area contributed by atoms with Crippen molar-refractivity contribution < 1.29 is 19.6 Å². The number of aryl methyl sites for hydroxylation is 1. The summed E-state index contributed by atoms with van der Waals surface area (Å²) in [4.78, 5) is 25.3. The van der Waals surface area contributed by atoms with Crippen LogP contribution >= 0.6 is 0 Å². The Morgan fingerprint density at radius 3 is 2.90 bits per heavy atom. The predicted octanol–water partition coefficient (Wildman–Crippen LogP) is 2.09. The lowest BCUT2D eigenvalue weighted by Gasteiger charge is -2.08. The third kappa shape index (κ3) is 3.16. The molecule has 1 N–H and O–H groups in total. The molecule has 8 heteroatoms. The molecule has 2 aromatic rings. The van der Waals surface area contributed by atoms with E-state index >= 15 is 0 Å². The molecule has 0 spiro atoms. The number of imidazole rings is 1. The highest BCUT2D eigenvalue weighted by atomic mass is 16.6. The molecule has 0 unspecified atom stereocenters.